The van der Waals surface area contributed by atoms with Crippen LogP contribution in [0.1, 0.15) is 6.92 Å². The van der Waals surface area contributed by atoms with E-state index in [9.17, 15) is 0 Å². The zero-order valence-corrected chi connectivity index (χ0v) is 9.10. The predicted octanol–water partition coefficient (Wildman–Crippen LogP) is 0.235. The molecule has 1 heterocycles. The first-order valence-corrected chi connectivity index (χ1v) is 4.85. The minimum Gasteiger partial charge on any atom is -0.383 e. The molecule has 0 unspecified atom stereocenters. The standard InChI is InChI=1S/C9H17N5O/c1-3-14(6-7-15-2)8-4-5-11-9(12-8)13-10/h4-5H,3,6-7,10H2,1-2H3,(H,11,12,13). The number of hydrogen-bond donors (Lipinski definition) is 2. The first kappa shape index (κ1) is 11.7. The van der Waals surface area contributed by atoms with Gasteiger partial charge in [0, 0.05) is 26.4 Å². The highest BCUT2D eigenvalue weighted by Gasteiger charge is 2.05. The number of nitrogen functional groups attached to an aromatic ring is 1. The summed E-state index contributed by atoms with van der Waals surface area (Å²) in [5.41, 5.74) is 2.42. The number of likely N-dealkylation sites (N-methyl/N-ethyl adjacent to an activating group) is 1. The average Bonchev–Trinajstić information content (AvgIpc) is 2.30. The molecule has 1 aromatic rings. The highest BCUT2D eigenvalue weighted by molar-refractivity contribution is 5.41. The van der Waals surface area contributed by atoms with Crippen molar-refractivity contribution in [2.75, 3.05) is 37.1 Å². The molecule has 0 atom stereocenters. The van der Waals surface area contributed by atoms with Crippen LogP contribution in [-0.2, 0) is 4.74 Å². The van der Waals surface area contributed by atoms with E-state index in [4.69, 9.17) is 10.6 Å². The molecular formula is C9H17N5O. The predicted molar refractivity (Wildman–Crippen MR) is 59.6 cm³/mol. The third kappa shape index (κ3) is 3.34. The van der Waals surface area contributed by atoms with E-state index in [1.54, 1.807) is 13.3 Å². The molecule has 0 fully saturated rings. The lowest BCUT2D eigenvalue weighted by molar-refractivity contribution is 0.205. The Morgan fingerprint density at radius 3 is 3.00 bits per heavy atom. The van der Waals surface area contributed by atoms with Crippen molar-refractivity contribution in [2.24, 2.45) is 5.84 Å². The van der Waals surface area contributed by atoms with Crippen LogP contribution in [0.4, 0.5) is 11.8 Å². The molecule has 0 aliphatic rings. The van der Waals surface area contributed by atoms with E-state index in [-0.39, 0.29) is 0 Å². The van der Waals surface area contributed by atoms with Gasteiger partial charge >= 0.3 is 0 Å². The number of hydrazine groups is 1. The SMILES string of the molecule is CCN(CCOC)c1ccnc(NN)n1. The van der Waals surface area contributed by atoms with E-state index in [0.29, 0.717) is 12.6 Å². The van der Waals surface area contributed by atoms with Crippen molar-refractivity contribution in [3.8, 4) is 0 Å². The largest absolute Gasteiger partial charge is 0.383 e. The Labute approximate surface area is 89.4 Å². The Kier molecular flexibility index (Phi) is 4.79. The van der Waals surface area contributed by atoms with Crippen molar-refractivity contribution in [3.05, 3.63) is 12.3 Å². The topological polar surface area (TPSA) is 76.3 Å². The van der Waals surface area contributed by atoms with Gasteiger partial charge in [-0.3, -0.25) is 5.43 Å². The zero-order chi connectivity index (χ0) is 11.1. The number of nitrogens with zero attached hydrogens (tertiary/aromatic N) is 3. The quantitative estimate of drug-likeness (QED) is 0.518. The number of methoxy groups -OCH3 is 1. The molecule has 0 bridgehead atoms. The summed E-state index contributed by atoms with van der Waals surface area (Å²) in [7, 11) is 1.68. The number of aromatic nitrogens is 2. The van der Waals surface area contributed by atoms with Gasteiger partial charge in [0.2, 0.25) is 5.95 Å². The molecule has 3 N–H and O–H groups in total. The fourth-order valence-electron chi connectivity index (χ4n) is 1.23. The Morgan fingerprint density at radius 1 is 1.60 bits per heavy atom. The van der Waals surface area contributed by atoms with Crippen LogP contribution < -0.4 is 16.2 Å². The summed E-state index contributed by atoms with van der Waals surface area (Å²) in [4.78, 5) is 10.3. The number of nitrogens with one attached hydrogen (secondary N) is 1. The van der Waals surface area contributed by atoms with Crippen LogP contribution in [0.2, 0.25) is 0 Å². The smallest absolute Gasteiger partial charge is 0.239 e. The molecule has 6 nitrogen and oxygen atoms in total. The minimum absolute atomic E-state index is 0.420. The van der Waals surface area contributed by atoms with Gasteiger partial charge in [-0.25, -0.2) is 10.8 Å². The van der Waals surface area contributed by atoms with Crippen LogP contribution in [0.15, 0.2) is 12.3 Å². The van der Waals surface area contributed by atoms with Crippen molar-refractivity contribution in [1.82, 2.24) is 9.97 Å². The van der Waals surface area contributed by atoms with E-state index in [2.05, 4.69) is 27.2 Å². The first-order chi connectivity index (χ1) is 7.31. The Morgan fingerprint density at radius 2 is 2.40 bits per heavy atom. The highest BCUT2D eigenvalue weighted by atomic mass is 16.5. The van der Waals surface area contributed by atoms with Crippen LogP contribution in [-0.4, -0.2) is 36.8 Å². The van der Waals surface area contributed by atoms with E-state index < -0.39 is 0 Å². The van der Waals surface area contributed by atoms with Crippen LogP contribution in [0, 0.1) is 0 Å². The van der Waals surface area contributed by atoms with E-state index >= 15 is 0 Å². The molecule has 0 spiro atoms. The maximum absolute atomic E-state index is 5.24. The molecule has 0 aliphatic heterocycles. The lowest BCUT2D eigenvalue weighted by Crippen LogP contribution is -2.28. The number of nitrogens with two attached hydrogens (primary N) is 1. The normalized spacial score (nSPS) is 10.1. The van der Waals surface area contributed by atoms with Crippen molar-refractivity contribution in [2.45, 2.75) is 6.92 Å². The molecule has 0 aromatic carbocycles. The van der Waals surface area contributed by atoms with Crippen molar-refractivity contribution in [1.29, 1.82) is 0 Å². The molecule has 0 aliphatic carbocycles. The summed E-state index contributed by atoms with van der Waals surface area (Å²) in [6.07, 6.45) is 1.67. The van der Waals surface area contributed by atoms with Gasteiger partial charge < -0.3 is 9.64 Å². The maximum Gasteiger partial charge on any atom is 0.239 e. The number of anilines is 2. The molecule has 6 heteroatoms. The van der Waals surface area contributed by atoms with Crippen LogP contribution in [0.3, 0.4) is 0 Å². The van der Waals surface area contributed by atoms with Gasteiger partial charge in [0.25, 0.3) is 0 Å². The lowest BCUT2D eigenvalue weighted by atomic mass is 10.4. The first-order valence-electron chi connectivity index (χ1n) is 4.85. The van der Waals surface area contributed by atoms with Crippen molar-refractivity contribution >= 4 is 11.8 Å². The molecule has 1 aromatic heterocycles. The van der Waals surface area contributed by atoms with E-state index in [0.717, 1.165) is 18.9 Å². The third-order valence-electron chi connectivity index (χ3n) is 2.04. The van der Waals surface area contributed by atoms with Gasteiger partial charge in [-0.1, -0.05) is 0 Å². The van der Waals surface area contributed by atoms with Crippen LogP contribution >= 0.6 is 0 Å². The second-order valence-corrected chi connectivity index (χ2v) is 2.96. The molecule has 0 saturated carbocycles. The molecular weight excluding hydrogens is 194 g/mol. The van der Waals surface area contributed by atoms with E-state index in [1.165, 1.54) is 0 Å². The number of ether oxygens (including phenoxy) is 1. The summed E-state index contributed by atoms with van der Waals surface area (Å²) >= 11 is 0. The van der Waals surface area contributed by atoms with Crippen molar-refractivity contribution in [3.63, 3.8) is 0 Å². The van der Waals surface area contributed by atoms with Gasteiger partial charge in [-0.2, -0.15) is 4.98 Å². The molecule has 84 valence electrons. The molecule has 1 rings (SSSR count). The second-order valence-electron chi connectivity index (χ2n) is 2.96. The van der Waals surface area contributed by atoms with Gasteiger partial charge in [-0.05, 0) is 13.0 Å². The fourth-order valence-corrected chi connectivity index (χ4v) is 1.23. The maximum atomic E-state index is 5.24. The number of rotatable bonds is 6. The summed E-state index contributed by atoms with van der Waals surface area (Å²) < 4.78 is 5.03. The van der Waals surface area contributed by atoms with E-state index in [1.807, 2.05) is 6.07 Å². The van der Waals surface area contributed by atoms with Gasteiger partial charge in [0.1, 0.15) is 5.82 Å². The number of hydrogen-bond acceptors (Lipinski definition) is 6. The summed E-state index contributed by atoms with van der Waals surface area (Å²) in [5, 5.41) is 0. The highest BCUT2D eigenvalue weighted by Crippen LogP contribution is 2.10. The van der Waals surface area contributed by atoms with Gasteiger partial charge in [0.15, 0.2) is 0 Å². The van der Waals surface area contributed by atoms with Gasteiger partial charge in [-0.15, -0.1) is 0 Å². The molecule has 0 radical (unpaired) electrons. The second kappa shape index (κ2) is 6.15. The van der Waals surface area contributed by atoms with Gasteiger partial charge in [0.05, 0.1) is 6.61 Å². The van der Waals surface area contributed by atoms with Crippen LogP contribution in [0.5, 0.6) is 0 Å². The summed E-state index contributed by atoms with van der Waals surface area (Å²) in [6.45, 7) is 4.40. The van der Waals surface area contributed by atoms with Crippen molar-refractivity contribution < 1.29 is 4.74 Å². The zero-order valence-electron chi connectivity index (χ0n) is 9.10. The molecule has 15 heavy (non-hydrogen) atoms. The molecule has 0 amide bonds. The third-order valence-corrected chi connectivity index (χ3v) is 2.04. The lowest BCUT2D eigenvalue weighted by Gasteiger charge is -2.21. The average molecular weight is 211 g/mol. The van der Waals surface area contributed by atoms with Crippen LogP contribution in [0.25, 0.3) is 0 Å². The Bertz CT molecular complexity index is 294. The summed E-state index contributed by atoms with van der Waals surface area (Å²) in [5.74, 6) is 6.51. The minimum atomic E-state index is 0.420. The molecule has 0 saturated heterocycles. The monoisotopic (exact) mass is 211 g/mol. The summed E-state index contributed by atoms with van der Waals surface area (Å²) in [6, 6.07) is 1.85. The Hall–Kier alpha value is -1.40. The Balaban J connectivity index is 2.72. The fraction of sp³-hybridized carbons (Fsp3) is 0.556.